The molecule has 0 aromatic heterocycles. The van der Waals surface area contributed by atoms with E-state index < -0.39 is 0 Å². The van der Waals surface area contributed by atoms with Crippen LogP contribution in [-0.2, 0) is 0 Å². The molecule has 2 amide bonds. The van der Waals surface area contributed by atoms with Gasteiger partial charge in [-0.05, 0) is 51.4 Å². The van der Waals surface area contributed by atoms with E-state index in [1.165, 1.54) is 44.9 Å². The van der Waals surface area contributed by atoms with Crippen molar-refractivity contribution in [3.63, 3.8) is 0 Å². The van der Waals surface area contributed by atoms with Crippen molar-refractivity contribution < 1.29 is 4.79 Å². The molecule has 0 fully saturated rings. The summed E-state index contributed by atoms with van der Waals surface area (Å²) >= 11 is 0. The number of hydrogen-bond donors (Lipinski definition) is 4. The summed E-state index contributed by atoms with van der Waals surface area (Å²) < 4.78 is 0. The summed E-state index contributed by atoms with van der Waals surface area (Å²) in [5.74, 6) is 0. The Morgan fingerprint density at radius 1 is 0.846 bits per heavy atom. The zero-order valence-electron chi connectivity index (χ0n) is 16.4. The van der Waals surface area contributed by atoms with Gasteiger partial charge < -0.3 is 10.6 Å². The van der Waals surface area contributed by atoms with Crippen molar-refractivity contribution in [3.8, 4) is 0 Å². The maximum absolute atomic E-state index is 11.5. The molecule has 1 aliphatic heterocycles. The normalized spacial score (nSPS) is 13.7. The Hall–Kier alpha value is -1.79. The molecule has 150 valence electrons. The topological polar surface area (TPSA) is 89.9 Å². The Labute approximate surface area is 158 Å². The van der Waals surface area contributed by atoms with Crippen LogP contribution in [0, 0.1) is 0 Å². The predicted molar refractivity (Wildman–Crippen MR) is 107 cm³/mol. The molecule has 0 spiro atoms. The third kappa shape index (κ3) is 13.5. The molecule has 4 N–H and O–H groups in total. The molecule has 0 aromatic rings. The minimum absolute atomic E-state index is 0.0278. The number of unbranched alkanes of at least 4 members (excludes halogenated alkanes) is 8. The molecular formula is C19H38N6O. The van der Waals surface area contributed by atoms with Gasteiger partial charge in [0, 0.05) is 13.1 Å². The molecule has 26 heavy (non-hydrogen) atoms. The summed E-state index contributed by atoms with van der Waals surface area (Å²) in [6.45, 7) is 3.71. The number of amides is 2. The second-order valence-corrected chi connectivity index (χ2v) is 6.86. The van der Waals surface area contributed by atoms with Crippen LogP contribution < -0.4 is 21.5 Å². The van der Waals surface area contributed by atoms with Crippen molar-refractivity contribution in [2.24, 2.45) is 10.4 Å². The van der Waals surface area contributed by atoms with Crippen LogP contribution in [0.25, 0.3) is 0 Å². The van der Waals surface area contributed by atoms with Crippen molar-refractivity contribution in [1.82, 2.24) is 21.5 Å². The van der Waals surface area contributed by atoms with Crippen LogP contribution in [0.1, 0.15) is 84.0 Å². The molecule has 1 aliphatic rings. The highest BCUT2D eigenvalue weighted by Gasteiger charge is 2.08. The summed E-state index contributed by atoms with van der Waals surface area (Å²) in [5, 5.41) is 13.2. The fourth-order valence-electron chi connectivity index (χ4n) is 2.78. The van der Waals surface area contributed by atoms with Gasteiger partial charge in [0.2, 0.25) is 0 Å². The molecular weight excluding hydrogens is 328 g/mol. The van der Waals surface area contributed by atoms with Gasteiger partial charge in [0.15, 0.2) is 0 Å². The molecule has 0 atom stereocenters. The number of hydrogen-bond acceptors (Lipinski definition) is 5. The van der Waals surface area contributed by atoms with E-state index in [2.05, 4.69) is 51.0 Å². The van der Waals surface area contributed by atoms with Crippen LogP contribution in [0.4, 0.5) is 4.79 Å². The molecule has 0 saturated carbocycles. The van der Waals surface area contributed by atoms with Crippen molar-refractivity contribution in [3.05, 3.63) is 12.2 Å². The van der Waals surface area contributed by atoms with E-state index in [1.54, 1.807) is 0 Å². The molecule has 0 saturated heterocycles. The fourth-order valence-corrected chi connectivity index (χ4v) is 2.78. The number of carbonyl (C=O) groups excluding carboxylic acids is 1. The lowest BCUT2D eigenvalue weighted by atomic mass is 10.1. The van der Waals surface area contributed by atoms with Crippen molar-refractivity contribution in [2.75, 3.05) is 13.1 Å². The van der Waals surface area contributed by atoms with Gasteiger partial charge in [-0.1, -0.05) is 55.2 Å². The monoisotopic (exact) mass is 366 g/mol. The molecule has 1 rings (SSSR count). The predicted octanol–water partition coefficient (Wildman–Crippen LogP) is 4.34. The van der Waals surface area contributed by atoms with Crippen LogP contribution in [0.3, 0.4) is 0 Å². The molecule has 7 nitrogen and oxygen atoms in total. The van der Waals surface area contributed by atoms with Crippen LogP contribution in [0.2, 0.25) is 0 Å². The number of rotatable bonds is 16. The van der Waals surface area contributed by atoms with Crippen LogP contribution >= 0.6 is 0 Å². The first-order chi connectivity index (χ1) is 12.8. The van der Waals surface area contributed by atoms with Crippen LogP contribution in [0.5, 0.6) is 0 Å². The summed E-state index contributed by atoms with van der Waals surface area (Å²) in [7, 11) is 0. The van der Waals surface area contributed by atoms with Gasteiger partial charge in [-0.25, -0.2) is 4.79 Å². The van der Waals surface area contributed by atoms with Gasteiger partial charge in [-0.2, -0.15) is 0 Å². The Morgan fingerprint density at radius 3 is 2.08 bits per heavy atom. The second-order valence-electron chi connectivity index (χ2n) is 6.86. The molecule has 0 aromatic carbocycles. The van der Waals surface area contributed by atoms with Gasteiger partial charge in [-0.3, -0.25) is 10.9 Å². The zero-order valence-corrected chi connectivity index (χ0v) is 16.4. The molecule has 7 heteroatoms. The highest BCUT2D eigenvalue weighted by atomic mass is 16.2. The van der Waals surface area contributed by atoms with Crippen molar-refractivity contribution in [2.45, 2.75) is 90.1 Å². The quantitative estimate of drug-likeness (QED) is 0.242. The van der Waals surface area contributed by atoms with Crippen molar-refractivity contribution in [1.29, 1.82) is 0 Å². The third-order valence-corrected chi connectivity index (χ3v) is 4.41. The van der Waals surface area contributed by atoms with E-state index in [4.69, 9.17) is 0 Å². The Bertz CT molecular complexity index is 391. The SMILES string of the molecule is CCCCCNC(=O)NCCCC/C=C\CCCCCCC1NN=NN1. The molecule has 0 aliphatic carbocycles. The smallest absolute Gasteiger partial charge is 0.314 e. The van der Waals surface area contributed by atoms with Gasteiger partial charge in [0.1, 0.15) is 6.17 Å². The average Bonchev–Trinajstić information content (AvgIpc) is 3.16. The number of allylic oxidation sites excluding steroid dienone is 2. The van der Waals surface area contributed by atoms with Crippen molar-refractivity contribution >= 4 is 6.03 Å². The van der Waals surface area contributed by atoms with Crippen LogP contribution in [-0.4, -0.2) is 25.3 Å². The summed E-state index contributed by atoms with van der Waals surface area (Å²) in [4.78, 5) is 11.5. The van der Waals surface area contributed by atoms with Gasteiger partial charge >= 0.3 is 6.03 Å². The van der Waals surface area contributed by atoms with E-state index in [0.717, 1.165) is 45.2 Å². The highest BCUT2D eigenvalue weighted by Crippen LogP contribution is 2.08. The number of nitrogens with zero attached hydrogens (tertiary/aromatic N) is 2. The minimum atomic E-state index is -0.0278. The fraction of sp³-hybridized carbons (Fsp3) is 0.842. The minimum Gasteiger partial charge on any atom is -0.338 e. The number of nitrogens with one attached hydrogen (secondary N) is 4. The molecule has 1 heterocycles. The Morgan fingerprint density at radius 2 is 1.42 bits per heavy atom. The molecule has 0 bridgehead atoms. The molecule has 0 radical (unpaired) electrons. The largest absolute Gasteiger partial charge is 0.338 e. The Kier molecular flexibility index (Phi) is 14.3. The Balaban J connectivity index is 1.75. The number of carbonyl (C=O) groups is 1. The van der Waals surface area contributed by atoms with E-state index in [-0.39, 0.29) is 12.2 Å². The van der Waals surface area contributed by atoms with Gasteiger partial charge in [-0.15, -0.1) is 0 Å². The second kappa shape index (κ2) is 16.7. The van der Waals surface area contributed by atoms with E-state index in [9.17, 15) is 4.79 Å². The first-order valence-corrected chi connectivity index (χ1v) is 10.4. The van der Waals surface area contributed by atoms with E-state index in [1.807, 2.05) is 0 Å². The third-order valence-electron chi connectivity index (χ3n) is 4.41. The van der Waals surface area contributed by atoms with E-state index in [0.29, 0.717) is 0 Å². The first-order valence-electron chi connectivity index (χ1n) is 10.4. The molecule has 0 unspecified atom stereocenters. The maximum atomic E-state index is 11.5. The maximum Gasteiger partial charge on any atom is 0.314 e. The zero-order chi connectivity index (χ0) is 18.7. The summed E-state index contributed by atoms with van der Waals surface area (Å²) in [6.07, 6.45) is 18.8. The highest BCUT2D eigenvalue weighted by molar-refractivity contribution is 5.73. The van der Waals surface area contributed by atoms with E-state index >= 15 is 0 Å². The lowest BCUT2D eigenvalue weighted by molar-refractivity contribution is 0.240. The summed E-state index contributed by atoms with van der Waals surface area (Å²) in [6, 6.07) is -0.0278. The van der Waals surface area contributed by atoms with Crippen LogP contribution in [0.15, 0.2) is 22.6 Å². The summed E-state index contributed by atoms with van der Waals surface area (Å²) in [5.41, 5.74) is 5.85. The first kappa shape index (κ1) is 22.3. The van der Waals surface area contributed by atoms with Gasteiger partial charge in [0.25, 0.3) is 0 Å². The average molecular weight is 367 g/mol. The lowest BCUT2D eigenvalue weighted by Crippen LogP contribution is -2.36. The standard InChI is InChI=1S/C19H38N6O/c1-2-3-13-16-20-19(26)21-17-14-11-9-7-5-4-6-8-10-12-15-18-22-24-25-23-18/h5,7,18H,2-4,6,8-17H2,1H3,(H,22,25)(H,23,24)(H2,20,21,26)/b7-5-. The number of urea groups is 1. The van der Waals surface area contributed by atoms with Gasteiger partial charge in [0.05, 0.1) is 0 Å². The lowest BCUT2D eigenvalue weighted by Gasteiger charge is -2.07.